The molecular weight excluding hydrogens is 360 g/mol. The number of carbonyl (C=O) groups is 1. The zero-order valence-electron chi connectivity index (χ0n) is 16.3. The summed E-state index contributed by atoms with van der Waals surface area (Å²) in [5, 5.41) is 3.52. The molecule has 29 heavy (non-hydrogen) atoms. The van der Waals surface area contributed by atoms with E-state index in [-0.39, 0.29) is 11.4 Å². The standard InChI is InChI=1S/C24H24N4O/c29-22(27-23-10-15-8-17-9-18(12-23)24(17,11-15)14-23)20-19-5-1-2-7-28(19)21(26-20)16-4-3-6-25-13-16/h1-7,13,15,17-18H,8-12,14H2,(H,27,29). The highest BCUT2D eigenvalue weighted by atomic mass is 16.2. The van der Waals surface area contributed by atoms with Crippen molar-refractivity contribution in [1.29, 1.82) is 0 Å². The highest BCUT2D eigenvalue weighted by Crippen LogP contribution is 2.76. The Balaban J connectivity index is 1.27. The van der Waals surface area contributed by atoms with Crippen LogP contribution < -0.4 is 5.32 Å². The van der Waals surface area contributed by atoms with Gasteiger partial charge >= 0.3 is 0 Å². The van der Waals surface area contributed by atoms with Crippen LogP contribution >= 0.6 is 0 Å². The molecule has 7 rings (SSSR count). The minimum atomic E-state index is -0.0145. The van der Waals surface area contributed by atoms with Crippen molar-refractivity contribution >= 4 is 11.4 Å². The molecular formula is C24H24N4O. The largest absolute Gasteiger partial charge is 0.345 e. The zero-order valence-corrected chi connectivity index (χ0v) is 16.3. The van der Waals surface area contributed by atoms with Gasteiger partial charge in [0.1, 0.15) is 5.82 Å². The zero-order chi connectivity index (χ0) is 19.2. The van der Waals surface area contributed by atoms with Crippen LogP contribution in [0.5, 0.6) is 0 Å². The summed E-state index contributed by atoms with van der Waals surface area (Å²) >= 11 is 0. The molecule has 5 unspecified atom stereocenters. The minimum Gasteiger partial charge on any atom is -0.345 e. The molecule has 3 heterocycles. The van der Waals surface area contributed by atoms with E-state index in [4.69, 9.17) is 4.98 Å². The number of hydrogen-bond donors (Lipinski definition) is 1. The Morgan fingerprint density at radius 1 is 1.10 bits per heavy atom. The molecule has 0 saturated heterocycles. The third kappa shape index (κ3) is 2.03. The van der Waals surface area contributed by atoms with E-state index in [1.165, 1.54) is 32.1 Å². The molecule has 3 aromatic heterocycles. The van der Waals surface area contributed by atoms with Crippen LogP contribution in [-0.4, -0.2) is 25.8 Å². The fourth-order valence-corrected chi connectivity index (χ4v) is 7.71. The first-order valence-corrected chi connectivity index (χ1v) is 10.9. The molecule has 146 valence electrons. The second kappa shape index (κ2) is 5.26. The van der Waals surface area contributed by atoms with Crippen molar-refractivity contribution in [3.63, 3.8) is 0 Å². The van der Waals surface area contributed by atoms with Crippen LogP contribution in [-0.2, 0) is 0 Å². The van der Waals surface area contributed by atoms with Gasteiger partial charge in [-0.2, -0.15) is 0 Å². The van der Waals surface area contributed by atoms with Gasteiger partial charge in [0.25, 0.3) is 5.91 Å². The molecule has 4 fully saturated rings. The van der Waals surface area contributed by atoms with Crippen LogP contribution in [0.3, 0.4) is 0 Å². The van der Waals surface area contributed by atoms with E-state index < -0.39 is 0 Å². The van der Waals surface area contributed by atoms with Crippen LogP contribution in [0.25, 0.3) is 16.9 Å². The van der Waals surface area contributed by atoms with Gasteiger partial charge in [0.15, 0.2) is 5.69 Å². The average molecular weight is 384 g/mol. The number of amides is 1. The highest BCUT2D eigenvalue weighted by Gasteiger charge is 2.71. The lowest BCUT2D eigenvalue weighted by Crippen LogP contribution is -2.50. The summed E-state index contributed by atoms with van der Waals surface area (Å²) in [6, 6.07) is 9.82. The monoisotopic (exact) mass is 384 g/mol. The summed E-state index contributed by atoms with van der Waals surface area (Å²) in [6.45, 7) is 0. The van der Waals surface area contributed by atoms with Gasteiger partial charge in [-0.3, -0.25) is 14.2 Å². The van der Waals surface area contributed by atoms with Gasteiger partial charge in [0.2, 0.25) is 0 Å². The molecule has 3 bridgehead atoms. The van der Waals surface area contributed by atoms with Crippen molar-refractivity contribution in [3.05, 3.63) is 54.6 Å². The lowest BCUT2D eigenvalue weighted by molar-refractivity contribution is -0.000693. The average Bonchev–Trinajstić information content (AvgIpc) is 3.27. The summed E-state index contributed by atoms with van der Waals surface area (Å²) in [4.78, 5) is 22.5. The summed E-state index contributed by atoms with van der Waals surface area (Å²) in [5.74, 6) is 3.34. The van der Waals surface area contributed by atoms with Crippen LogP contribution in [0, 0.1) is 23.2 Å². The second-order valence-electron chi connectivity index (χ2n) is 9.97. The first kappa shape index (κ1) is 16.1. The summed E-state index contributed by atoms with van der Waals surface area (Å²) in [5.41, 5.74) is 2.87. The fourth-order valence-electron chi connectivity index (χ4n) is 7.71. The maximum absolute atomic E-state index is 13.5. The van der Waals surface area contributed by atoms with Crippen LogP contribution in [0.4, 0.5) is 0 Å². The minimum absolute atomic E-state index is 0.00486. The summed E-state index contributed by atoms with van der Waals surface area (Å²) < 4.78 is 2.00. The van der Waals surface area contributed by atoms with Crippen molar-refractivity contribution in [2.45, 2.75) is 44.1 Å². The lowest BCUT2D eigenvalue weighted by atomic mass is 9.56. The summed E-state index contributed by atoms with van der Waals surface area (Å²) in [6.07, 6.45) is 13.3. The third-order valence-electron chi connectivity index (χ3n) is 8.53. The molecule has 4 aliphatic carbocycles. The van der Waals surface area contributed by atoms with E-state index in [2.05, 4.69) is 10.3 Å². The van der Waals surface area contributed by atoms with Gasteiger partial charge in [0.05, 0.1) is 5.52 Å². The van der Waals surface area contributed by atoms with E-state index in [0.717, 1.165) is 41.1 Å². The fraction of sp³-hybridized carbons (Fsp3) is 0.458. The van der Waals surface area contributed by atoms with Gasteiger partial charge in [-0.15, -0.1) is 0 Å². The van der Waals surface area contributed by atoms with Crippen molar-refractivity contribution in [3.8, 4) is 11.4 Å². The number of imidazole rings is 1. The number of nitrogens with zero attached hydrogens (tertiary/aromatic N) is 3. The van der Waals surface area contributed by atoms with Gasteiger partial charge in [-0.1, -0.05) is 6.07 Å². The SMILES string of the molecule is O=C(NC12CC3CC4CC(C1)C4(C3)C2)c1nc(-c2cccnc2)n2ccccc12. The van der Waals surface area contributed by atoms with Crippen molar-refractivity contribution < 1.29 is 4.79 Å². The summed E-state index contributed by atoms with van der Waals surface area (Å²) in [7, 11) is 0. The number of carbonyl (C=O) groups excluding carboxylic acids is 1. The number of fused-ring (bicyclic) bond motifs is 3. The maximum atomic E-state index is 13.5. The maximum Gasteiger partial charge on any atom is 0.272 e. The molecule has 0 aromatic carbocycles. The molecule has 5 nitrogen and oxygen atoms in total. The smallest absolute Gasteiger partial charge is 0.272 e. The van der Waals surface area contributed by atoms with Gasteiger partial charge in [-0.05, 0) is 86.0 Å². The molecule has 5 heteroatoms. The van der Waals surface area contributed by atoms with E-state index in [1.54, 1.807) is 12.4 Å². The molecule has 3 aromatic rings. The molecule has 4 saturated carbocycles. The van der Waals surface area contributed by atoms with E-state index in [9.17, 15) is 4.79 Å². The lowest BCUT2D eigenvalue weighted by Gasteiger charge is -2.49. The van der Waals surface area contributed by atoms with Crippen LogP contribution in [0.15, 0.2) is 48.9 Å². The van der Waals surface area contributed by atoms with E-state index in [0.29, 0.717) is 11.1 Å². The first-order valence-electron chi connectivity index (χ1n) is 10.9. The normalized spacial score (nSPS) is 36.2. The quantitative estimate of drug-likeness (QED) is 0.740. The topological polar surface area (TPSA) is 59.3 Å². The van der Waals surface area contributed by atoms with E-state index in [1.807, 2.05) is 40.9 Å². The van der Waals surface area contributed by atoms with E-state index >= 15 is 0 Å². The first-order chi connectivity index (χ1) is 14.2. The number of nitrogens with one attached hydrogen (secondary N) is 1. The van der Waals surface area contributed by atoms with Crippen molar-refractivity contribution in [2.75, 3.05) is 0 Å². The molecule has 4 aliphatic rings. The van der Waals surface area contributed by atoms with Crippen LogP contribution in [0.1, 0.15) is 49.0 Å². The number of rotatable bonds is 3. The molecule has 0 radical (unpaired) electrons. The molecule has 1 spiro atoms. The Morgan fingerprint density at radius 2 is 2.07 bits per heavy atom. The number of pyridine rings is 2. The Labute approximate surface area is 169 Å². The van der Waals surface area contributed by atoms with Crippen molar-refractivity contribution in [2.24, 2.45) is 23.2 Å². The molecule has 0 aliphatic heterocycles. The predicted octanol–water partition coefficient (Wildman–Crippen LogP) is 4.09. The predicted molar refractivity (Wildman–Crippen MR) is 109 cm³/mol. The Morgan fingerprint density at radius 3 is 2.97 bits per heavy atom. The molecule has 1 amide bonds. The molecule has 1 N–H and O–H groups in total. The van der Waals surface area contributed by atoms with Gasteiger partial charge in [0, 0.05) is 29.7 Å². The molecule has 5 atom stereocenters. The number of hydrogen-bond acceptors (Lipinski definition) is 3. The Kier molecular flexibility index (Phi) is 2.93. The Bertz CT molecular complexity index is 1150. The van der Waals surface area contributed by atoms with Gasteiger partial charge < -0.3 is 5.32 Å². The second-order valence-corrected chi connectivity index (χ2v) is 9.97. The number of aromatic nitrogens is 3. The van der Waals surface area contributed by atoms with Crippen LogP contribution in [0.2, 0.25) is 0 Å². The Hall–Kier alpha value is -2.69. The van der Waals surface area contributed by atoms with Crippen molar-refractivity contribution in [1.82, 2.24) is 19.7 Å². The van der Waals surface area contributed by atoms with Gasteiger partial charge in [-0.25, -0.2) is 4.98 Å². The third-order valence-corrected chi connectivity index (χ3v) is 8.53. The highest BCUT2D eigenvalue weighted by molar-refractivity contribution is 6.00.